The van der Waals surface area contributed by atoms with Crippen molar-refractivity contribution in [2.45, 2.75) is 51.1 Å². The number of nitrogens with zero attached hydrogens (tertiary/aromatic N) is 2. The van der Waals surface area contributed by atoms with Crippen molar-refractivity contribution in [1.29, 1.82) is 0 Å². The van der Waals surface area contributed by atoms with Crippen LogP contribution in [0.4, 0.5) is 5.69 Å². The van der Waals surface area contributed by atoms with Crippen LogP contribution in [0.3, 0.4) is 0 Å². The maximum Gasteiger partial charge on any atom is 0.264 e. The zero-order chi connectivity index (χ0) is 31.7. The summed E-state index contributed by atoms with van der Waals surface area (Å²) in [6.45, 7) is 5.69. The number of rotatable bonds is 13. The molecule has 2 amide bonds. The maximum absolute atomic E-state index is 14.5. The number of carbonyl (C=O) groups is 2. The van der Waals surface area contributed by atoms with E-state index in [1.54, 1.807) is 48.5 Å². The highest BCUT2D eigenvalue weighted by Crippen LogP contribution is 2.26. The van der Waals surface area contributed by atoms with E-state index >= 15 is 0 Å². The number of halogens is 1. The molecule has 0 bridgehead atoms. The number of hydrogen-bond acceptors (Lipinski definition) is 4. The standard InChI is InChI=1S/C35H38ClN3O4S/c1-4-20-37-35(41)33(23-28-11-6-5-7-12-28)38(24-29-13-9-14-30(36)22-29)34(40)25-39(31-15-8-10-27(3)21-31)44(42,43)32-18-16-26(2)17-19-32/h5-19,21-22,33H,4,20,23-25H2,1-3H3,(H,37,41)/t33-/m1/s1. The van der Waals surface area contributed by atoms with Crippen molar-refractivity contribution >= 4 is 39.1 Å². The molecule has 0 saturated carbocycles. The van der Waals surface area contributed by atoms with Crippen LogP contribution in [0.15, 0.2) is 108 Å². The molecule has 0 saturated heterocycles. The second-order valence-electron chi connectivity index (χ2n) is 10.8. The van der Waals surface area contributed by atoms with Crippen LogP contribution in [0.1, 0.15) is 35.6 Å². The second kappa shape index (κ2) is 15.0. The summed E-state index contributed by atoms with van der Waals surface area (Å²) in [5.41, 5.74) is 3.70. The topological polar surface area (TPSA) is 86.8 Å². The minimum atomic E-state index is -4.15. The third-order valence-electron chi connectivity index (χ3n) is 7.24. The van der Waals surface area contributed by atoms with E-state index in [4.69, 9.17) is 11.6 Å². The Hall–Kier alpha value is -4.14. The fourth-order valence-corrected chi connectivity index (χ4v) is 6.52. The van der Waals surface area contributed by atoms with E-state index in [1.807, 2.05) is 63.2 Å². The summed E-state index contributed by atoms with van der Waals surface area (Å²) in [5.74, 6) is -0.829. The van der Waals surface area contributed by atoms with E-state index in [-0.39, 0.29) is 23.8 Å². The Balaban J connectivity index is 1.80. The van der Waals surface area contributed by atoms with Crippen molar-refractivity contribution in [3.05, 3.63) is 130 Å². The fourth-order valence-electron chi connectivity index (χ4n) is 4.90. The molecule has 0 aliphatic rings. The third kappa shape index (κ3) is 8.49. The molecule has 9 heteroatoms. The Kier molecular flexibility index (Phi) is 11.2. The molecule has 1 atom stereocenters. The van der Waals surface area contributed by atoms with Gasteiger partial charge in [-0.1, -0.05) is 90.8 Å². The van der Waals surface area contributed by atoms with Crippen LogP contribution in [0.5, 0.6) is 0 Å². The Morgan fingerprint density at radius 2 is 1.50 bits per heavy atom. The second-order valence-corrected chi connectivity index (χ2v) is 13.1. The van der Waals surface area contributed by atoms with Crippen molar-refractivity contribution < 1.29 is 18.0 Å². The number of anilines is 1. The number of aryl methyl sites for hydroxylation is 2. The Labute approximate surface area is 265 Å². The van der Waals surface area contributed by atoms with Crippen LogP contribution < -0.4 is 9.62 Å². The van der Waals surface area contributed by atoms with E-state index in [0.29, 0.717) is 17.3 Å². The number of carbonyl (C=O) groups excluding carboxylic acids is 2. The lowest BCUT2D eigenvalue weighted by molar-refractivity contribution is -0.140. The lowest BCUT2D eigenvalue weighted by Crippen LogP contribution is -2.53. The van der Waals surface area contributed by atoms with Gasteiger partial charge in [0.15, 0.2) is 0 Å². The molecule has 0 aromatic heterocycles. The summed E-state index contributed by atoms with van der Waals surface area (Å²) in [4.78, 5) is 29.7. The van der Waals surface area contributed by atoms with Crippen molar-refractivity contribution in [2.24, 2.45) is 0 Å². The molecule has 4 rings (SSSR count). The van der Waals surface area contributed by atoms with Gasteiger partial charge in [0.2, 0.25) is 11.8 Å². The number of nitrogens with one attached hydrogen (secondary N) is 1. The maximum atomic E-state index is 14.5. The average molecular weight is 632 g/mol. The molecule has 0 heterocycles. The molecule has 0 aliphatic carbocycles. The zero-order valence-corrected chi connectivity index (χ0v) is 26.8. The first-order valence-electron chi connectivity index (χ1n) is 14.6. The highest BCUT2D eigenvalue weighted by Gasteiger charge is 2.34. The van der Waals surface area contributed by atoms with Crippen LogP contribution in [-0.4, -0.2) is 44.3 Å². The van der Waals surface area contributed by atoms with Crippen molar-refractivity contribution in [3.8, 4) is 0 Å². The minimum absolute atomic E-state index is 0.0582. The molecule has 1 N–H and O–H groups in total. The lowest BCUT2D eigenvalue weighted by atomic mass is 10.0. The first-order chi connectivity index (χ1) is 21.1. The van der Waals surface area contributed by atoms with E-state index in [9.17, 15) is 18.0 Å². The van der Waals surface area contributed by atoms with Gasteiger partial charge in [-0.15, -0.1) is 0 Å². The molecule has 44 heavy (non-hydrogen) atoms. The van der Waals surface area contributed by atoms with E-state index < -0.39 is 28.5 Å². The van der Waals surface area contributed by atoms with Gasteiger partial charge in [-0.3, -0.25) is 13.9 Å². The van der Waals surface area contributed by atoms with Gasteiger partial charge in [0.25, 0.3) is 10.0 Å². The predicted octanol–water partition coefficient (Wildman–Crippen LogP) is 6.32. The van der Waals surface area contributed by atoms with Crippen LogP contribution in [0.2, 0.25) is 5.02 Å². The SMILES string of the molecule is CCCNC(=O)[C@@H](Cc1ccccc1)N(Cc1cccc(Cl)c1)C(=O)CN(c1cccc(C)c1)S(=O)(=O)c1ccc(C)cc1. The van der Waals surface area contributed by atoms with Gasteiger partial charge in [0.05, 0.1) is 10.6 Å². The summed E-state index contributed by atoms with van der Waals surface area (Å²) < 4.78 is 29.3. The average Bonchev–Trinajstić information content (AvgIpc) is 3.01. The quantitative estimate of drug-likeness (QED) is 0.187. The number of hydrogen-bond donors (Lipinski definition) is 1. The number of benzene rings is 4. The van der Waals surface area contributed by atoms with E-state index in [0.717, 1.165) is 33.0 Å². The summed E-state index contributed by atoms with van der Waals surface area (Å²) >= 11 is 6.30. The third-order valence-corrected chi connectivity index (χ3v) is 9.26. The van der Waals surface area contributed by atoms with Crippen LogP contribution >= 0.6 is 11.6 Å². The molecule has 4 aromatic rings. The van der Waals surface area contributed by atoms with Crippen LogP contribution in [-0.2, 0) is 32.6 Å². The molecule has 0 fully saturated rings. The molecule has 7 nitrogen and oxygen atoms in total. The van der Waals surface area contributed by atoms with Crippen LogP contribution in [0, 0.1) is 13.8 Å². The summed E-state index contributed by atoms with van der Waals surface area (Å²) in [6.07, 6.45) is 0.972. The Bertz CT molecular complexity index is 1680. The largest absolute Gasteiger partial charge is 0.354 e. The Morgan fingerprint density at radius 1 is 0.818 bits per heavy atom. The monoisotopic (exact) mass is 631 g/mol. The molecule has 230 valence electrons. The number of amides is 2. The molecule has 4 aromatic carbocycles. The van der Waals surface area contributed by atoms with Gasteiger partial charge in [0.1, 0.15) is 12.6 Å². The normalized spacial score (nSPS) is 11.9. The summed E-state index contributed by atoms with van der Waals surface area (Å²) in [6, 6.07) is 29.2. The molecular formula is C35H38ClN3O4S. The number of sulfonamides is 1. The summed E-state index contributed by atoms with van der Waals surface area (Å²) in [5, 5.41) is 3.44. The fraction of sp³-hybridized carbons (Fsp3) is 0.257. The van der Waals surface area contributed by atoms with Crippen molar-refractivity contribution in [3.63, 3.8) is 0 Å². The highest BCUT2D eigenvalue weighted by atomic mass is 35.5. The smallest absolute Gasteiger partial charge is 0.264 e. The van der Waals surface area contributed by atoms with Gasteiger partial charge < -0.3 is 10.2 Å². The highest BCUT2D eigenvalue weighted by molar-refractivity contribution is 7.92. The summed E-state index contributed by atoms with van der Waals surface area (Å²) in [7, 11) is -4.15. The van der Waals surface area contributed by atoms with Gasteiger partial charge in [-0.2, -0.15) is 0 Å². The van der Waals surface area contributed by atoms with E-state index in [1.165, 1.54) is 17.0 Å². The minimum Gasteiger partial charge on any atom is -0.354 e. The first kappa shape index (κ1) is 32.8. The van der Waals surface area contributed by atoms with Crippen molar-refractivity contribution in [1.82, 2.24) is 10.2 Å². The van der Waals surface area contributed by atoms with E-state index in [2.05, 4.69) is 5.32 Å². The first-order valence-corrected chi connectivity index (χ1v) is 16.4. The molecule has 0 aliphatic heterocycles. The van der Waals surface area contributed by atoms with Crippen molar-refractivity contribution in [2.75, 3.05) is 17.4 Å². The molecule has 0 spiro atoms. The van der Waals surface area contributed by atoms with Gasteiger partial charge in [0, 0.05) is 24.5 Å². The van der Waals surface area contributed by atoms with Gasteiger partial charge in [-0.05, 0) is 73.4 Å². The predicted molar refractivity (Wildman–Crippen MR) is 176 cm³/mol. The Morgan fingerprint density at radius 3 is 2.16 bits per heavy atom. The lowest BCUT2D eigenvalue weighted by Gasteiger charge is -2.34. The van der Waals surface area contributed by atoms with Gasteiger partial charge >= 0.3 is 0 Å². The molecular weight excluding hydrogens is 594 g/mol. The zero-order valence-electron chi connectivity index (χ0n) is 25.2. The van der Waals surface area contributed by atoms with Gasteiger partial charge in [-0.25, -0.2) is 8.42 Å². The molecule has 0 unspecified atom stereocenters. The molecule has 0 radical (unpaired) electrons. The van der Waals surface area contributed by atoms with Crippen LogP contribution in [0.25, 0.3) is 0 Å².